The number of aromatic nitrogens is 1. The number of H-pyrrole nitrogens is 1. The molecule has 2 aliphatic rings. The molecular weight excluding hydrogens is 769 g/mol. The Kier molecular flexibility index (Phi) is 11.5. The van der Waals surface area contributed by atoms with Gasteiger partial charge in [0.2, 0.25) is 5.91 Å². The lowest BCUT2D eigenvalue weighted by molar-refractivity contribution is -0.229. The summed E-state index contributed by atoms with van der Waals surface area (Å²) in [6, 6.07) is 19.4. The van der Waals surface area contributed by atoms with Gasteiger partial charge in [0.15, 0.2) is 12.1 Å². The first-order chi connectivity index (χ1) is 27.6. The number of halogens is 7. The minimum absolute atomic E-state index is 0.0133. The summed E-state index contributed by atoms with van der Waals surface area (Å²) in [5.74, 6) is -0.818. The minimum atomic E-state index is -5.05. The molecular formula is C43H37F7N4O4. The molecule has 2 saturated heterocycles. The van der Waals surface area contributed by atoms with Crippen molar-refractivity contribution in [3.05, 3.63) is 141 Å². The van der Waals surface area contributed by atoms with E-state index >= 15 is 0 Å². The Morgan fingerprint density at radius 2 is 1.52 bits per heavy atom. The van der Waals surface area contributed by atoms with Crippen LogP contribution in [0.1, 0.15) is 87.1 Å². The first-order valence-corrected chi connectivity index (χ1v) is 18.6. The van der Waals surface area contributed by atoms with Gasteiger partial charge in [-0.1, -0.05) is 12.1 Å². The van der Waals surface area contributed by atoms with E-state index in [1.54, 1.807) is 23.1 Å². The van der Waals surface area contributed by atoms with Crippen LogP contribution in [0, 0.1) is 17.1 Å². The Morgan fingerprint density at radius 1 is 0.879 bits per heavy atom. The lowest BCUT2D eigenvalue weighted by Crippen LogP contribution is -2.52. The molecule has 0 spiro atoms. The van der Waals surface area contributed by atoms with Crippen LogP contribution in [-0.4, -0.2) is 65.6 Å². The van der Waals surface area contributed by atoms with E-state index in [0.717, 1.165) is 16.5 Å². The van der Waals surface area contributed by atoms with Gasteiger partial charge in [0.1, 0.15) is 11.9 Å². The number of amides is 1. The number of ether oxygens (including phenoxy) is 2. The van der Waals surface area contributed by atoms with E-state index in [2.05, 4.69) is 4.98 Å². The lowest BCUT2D eigenvalue weighted by Gasteiger charge is -2.43. The van der Waals surface area contributed by atoms with E-state index < -0.39 is 47.7 Å². The number of hydrogen-bond acceptors (Lipinski definition) is 6. The lowest BCUT2D eigenvalue weighted by atomic mass is 9.88. The smallest absolute Gasteiger partial charge is 0.361 e. The predicted octanol–water partition coefficient (Wildman–Crippen LogP) is 9.33. The molecule has 0 saturated carbocycles. The number of benzene rings is 4. The monoisotopic (exact) mass is 806 g/mol. The van der Waals surface area contributed by atoms with Crippen molar-refractivity contribution in [1.82, 2.24) is 14.8 Å². The van der Waals surface area contributed by atoms with Crippen molar-refractivity contribution in [3.8, 4) is 6.07 Å². The summed E-state index contributed by atoms with van der Waals surface area (Å²) in [7, 11) is 0. The largest absolute Gasteiger partial charge is 0.416 e. The molecule has 15 heteroatoms. The molecule has 3 heterocycles. The van der Waals surface area contributed by atoms with Gasteiger partial charge < -0.3 is 19.4 Å². The van der Waals surface area contributed by atoms with E-state index in [1.165, 1.54) is 43.3 Å². The number of nitrogens with one attached hydrogen (secondary N) is 1. The maximum absolute atomic E-state index is 14.1. The summed E-state index contributed by atoms with van der Waals surface area (Å²) in [6.45, 7) is 2.59. The zero-order valence-electron chi connectivity index (χ0n) is 31.0. The van der Waals surface area contributed by atoms with Crippen LogP contribution < -0.4 is 0 Å². The second-order valence-corrected chi connectivity index (χ2v) is 14.5. The molecule has 0 radical (unpaired) electrons. The fourth-order valence-corrected chi connectivity index (χ4v) is 7.70. The van der Waals surface area contributed by atoms with E-state index in [1.807, 2.05) is 29.3 Å². The number of carbonyl (C=O) groups excluding carboxylic acids is 2. The van der Waals surface area contributed by atoms with Gasteiger partial charge >= 0.3 is 12.4 Å². The molecule has 7 rings (SSSR count). The van der Waals surface area contributed by atoms with E-state index in [4.69, 9.17) is 9.47 Å². The molecule has 0 bridgehead atoms. The van der Waals surface area contributed by atoms with Crippen LogP contribution in [0.5, 0.6) is 0 Å². The van der Waals surface area contributed by atoms with Crippen molar-refractivity contribution in [3.63, 3.8) is 0 Å². The number of piperidine rings is 1. The number of rotatable bonds is 9. The van der Waals surface area contributed by atoms with Gasteiger partial charge in [-0.25, -0.2) is 4.39 Å². The number of aromatic amines is 1. The van der Waals surface area contributed by atoms with Gasteiger partial charge in [0.05, 0.1) is 42.0 Å². The Bertz CT molecular complexity index is 2290. The van der Waals surface area contributed by atoms with Crippen molar-refractivity contribution in [2.45, 2.75) is 56.5 Å². The van der Waals surface area contributed by atoms with Crippen molar-refractivity contribution in [1.29, 1.82) is 5.26 Å². The molecule has 3 atom stereocenters. The number of morpholine rings is 1. The van der Waals surface area contributed by atoms with Crippen LogP contribution in [0.3, 0.4) is 0 Å². The summed E-state index contributed by atoms with van der Waals surface area (Å²) in [6.07, 6.45) is -9.35. The number of carbonyl (C=O) groups is 2. The van der Waals surface area contributed by atoms with Crippen LogP contribution in [0.4, 0.5) is 30.7 Å². The molecule has 2 fully saturated rings. The third-order valence-corrected chi connectivity index (χ3v) is 10.8. The average molecular weight is 807 g/mol. The van der Waals surface area contributed by atoms with E-state index in [0.29, 0.717) is 60.3 Å². The number of hydrogen-bond donors (Lipinski definition) is 1. The topological polar surface area (TPSA) is 98.7 Å². The zero-order valence-corrected chi connectivity index (χ0v) is 31.0. The zero-order chi connectivity index (χ0) is 41.4. The Labute approximate surface area is 328 Å². The normalized spacial score (nSPS) is 18.9. The number of likely N-dealkylation sites (tertiary alicyclic amines) is 1. The van der Waals surface area contributed by atoms with Gasteiger partial charge in [-0.05, 0) is 128 Å². The molecule has 2 aliphatic heterocycles. The van der Waals surface area contributed by atoms with E-state index in [-0.39, 0.29) is 48.9 Å². The molecule has 5 aromatic rings. The summed E-state index contributed by atoms with van der Waals surface area (Å²) >= 11 is 0. The van der Waals surface area contributed by atoms with Gasteiger partial charge in [0.25, 0.3) is 0 Å². The maximum Gasteiger partial charge on any atom is 0.416 e. The van der Waals surface area contributed by atoms with Crippen LogP contribution in [0.25, 0.3) is 10.9 Å². The number of alkyl halides is 6. The first kappa shape index (κ1) is 40.6. The predicted molar refractivity (Wildman–Crippen MR) is 198 cm³/mol. The fraction of sp³-hybridized carbons (Fsp3) is 0.326. The first-order valence-electron chi connectivity index (χ1n) is 18.6. The molecule has 1 aromatic heterocycles. The number of ketones is 1. The molecule has 4 aromatic carbocycles. The SMILES string of the molecule is CC(O[C@H]1OCCN(C(=O)CN2CCC(c3c[nH]c4ccc(C(=O)c5ccc(F)cc5)cc34)CC2)[C@H]1c1ccc(C#N)cc1)c1cc(C(F)(F)F)cc(C(F)(F)F)c1. The standard InChI is InChI=1S/C43H37F7N4O4/c1-25(31-18-32(42(45,46)47)21-33(19-31)43(48,49)50)58-41-39(28-4-2-26(22-51)3-5-28)54(16-17-57-41)38(55)24-53-14-12-27(13-15-53)36-23-52-37-11-8-30(20-35(36)37)40(56)29-6-9-34(44)10-7-29/h2-11,18-21,23,25,27,39,41,52H,12-17,24H2,1H3/t25?,39-,41+/m0/s1. The highest BCUT2D eigenvalue weighted by molar-refractivity contribution is 6.10. The van der Waals surface area contributed by atoms with Crippen LogP contribution in [-0.2, 0) is 26.6 Å². The molecule has 302 valence electrons. The van der Waals surface area contributed by atoms with Crippen molar-refractivity contribution in [2.75, 3.05) is 32.8 Å². The fourth-order valence-electron chi connectivity index (χ4n) is 7.70. The third-order valence-electron chi connectivity index (χ3n) is 10.8. The number of nitrogens with zero attached hydrogens (tertiary/aromatic N) is 3. The highest BCUT2D eigenvalue weighted by Gasteiger charge is 2.41. The molecule has 0 aliphatic carbocycles. The van der Waals surface area contributed by atoms with Gasteiger partial charge in [-0.2, -0.15) is 31.6 Å². The highest BCUT2D eigenvalue weighted by atomic mass is 19.4. The van der Waals surface area contributed by atoms with Gasteiger partial charge in [0, 0.05) is 34.8 Å². The Hall–Kier alpha value is -5.56. The summed E-state index contributed by atoms with van der Waals surface area (Å²) in [5, 5.41) is 10.3. The van der Waals surface area contributed by atoms with Gasteiger partial charge in [-0.3, -0.25) is 14.5 Å². The molecule has 1 N–H and O–H groups in total. The molecule has 58 heavy (non-hydrogen) atoms. The van der Waals surface area contributed by atoms with Crippen molar-refractivity contribution < 1.29 is 49.8 Å². The molecule has 1 unspecified atom stereocenters. The van der Waals surface area contributed by atoms with E-state index in [9.17, 15) is 45.6 Å². The summed E-state index contributed by atoms with van der Waals surface area (Å²) in [5.41, 5.74) is 0.261. The minimum Gasteiger partial charge on any atom is -0.361 e. The Morgan fingerprint density at radius 3 is 2.14 bits per heavy atom. The van der Waals surface area contributed by atoms with Gasteiger partial charge in [-0.15, -0.1) is 0 Å². The highest BCUT2D eigenvalue weighted by Crippen LogP contribution is 2.40. The quantitative estimate of drug-likeness (QED) is 0.118. The molecule has 1 amide bonds. The van der Waals surface area contributed by atoms with Crippen molar-refractivity contribution in [2.24, 2.45) is 0 Å². The Balaban J connectivity index is 1.07. The van der Waals surface area contributed by atoms with Crippen molar-refractivity contribution >= 4 is 22.6 Å². The van der Waals surface area contributed by atoms with Crippen LogP contribution in [0.2, 0.25) is 0 Å². The number of fused-ring (bicyclic) bond motifs is 1. The maximum atomic E-state index is 14.1. The molecule has 8 nitrogen and oxygen atoms in total. The second kappa shape index (κ2) is 16.4. The summed E-state index contributed by atoms with van der Waals surface area (Å²) in [4.78, 5) is 34.1. The second-order valence-electron chi connectivity index (χ2n) is 14.5. The summed E-state index contributed by atoms with van der Waals surface area (Å²) < 4.78 is 107. The third kappa shape index (κ3) is 8.79. The average Bonchev–Trinajstić information content (AvgIpc) is 3.64. The van der Waals surface area contributed by atoms with Crippen LogP contribution in [0.15, 0.2) is 91.1 Å². The van der Waals surface area contributed by atoms with Crippen LogP contribution >= 0.6 is 0 Å². The number of nitriles is 1.